The molecule has 0 spiro atoms. The summed E-state index contributed by atoms with van der Waals surface area (Å²) in [5.74, 6) is -0.985. The average Bonchev–Trinajstić information content (AvgIpc) is 2.54. The number of carbonyl (C=O) groups excluding carboxylic acids is 1. The van der Waals surface area contributed by atoms with Crippen molar-refractivity contribution in [2.75, 3.05) is 11.5 Å². The molecule has 0 N–H and O–H groups in total. The summed E-state index contributed by atoms with van der Waals surface area (Å²) in [6, 6.07) is 1.99. The first-order chi connectivity index (χ1) is 7.35. The quantitative estimate of drug-likeness (QED) is 0.743. The topological polar surface area (TPSA) is 75.0 Å². The molecule has 0 aromatic heterocycles. The number of hydrogen-bond acceptors (Lipinski definition) is 4. The molecule has 1 rings (SSSR count). The third kappa shape index (κ3) is 3.31. The first-order valence-electron chi connectivity index (χ1n) is 5.49. The van der Waals surface area contributed by atoms with E-state index >= 15 is 0 Å². The number of Topliss-reactive ketones (excluding diaryl/α,β-unsaturated/α-hetero) is 1. The Bertz CT molecular complexity index is 405. The maximum atomic E-state index is 11.9. The second kappa shape index (κ2) is 4.96. The third-order valence-corrected chi connectivity index (χ3v) is 4.61. The van der Waals surface area contributed by atoms with Gasteiger partial charge in [-0.15, -0.1) is 0 Å². The lowest BCUT2D eigenvalue weighted by molar-refractivity contribution is -0.124. The Morgan fingerprint density at radius 3 is 2.50 bits per heavy atom. The zero-order valence-electron chi connectivity index (χ0n) is 9.64. The van der Waals surface area contributed by atoms with Crippen molar-refractivity contribution in [3.05, 3.63) is 0 Å². The predicted octanol–water partition coefficient (Wildman–Crippen LogP) is 1.18. The van der Waals surface area contributed by atoms with Crippen molar-refractivity contribution in [2.24, 2.45) is 17.8 Å². The van der Waals surface area contributed by atoms with E-state index in [0.717, 1.165) is 0 Å². The maximum Gasteiger partial charge on any atom is 0.154 e. The standard InChI is InChI=1S/C11H17NO3S/c1-8(2)5-10(6-12)11(13)9-3-4-16(14,15)7-9/h8-10H,3-5,7H2,1-2H3. The van der Waals surface area contributed by atoms with Gasteiger partial charge in [0.2, 0.25) is 0 Å². The van der Waals surface area contributed by atoms with E-state index in [2.05, 4.69) is 0 Å². The van der Waals surface area contributed by atoms with E-state index in [0.29, 0.717) is 12.8 Å². The van der Waals surface area contributed by atoms with E-state index in [9.17, 15) is 13.2 Å². The summed E-state index contributed by atoms with van der Waals surface area (Å²) in [6.07, 6.45) is 0.906. The van der Waals surface area contributed by atoms with Gasteiger partial charge in [-0.05, 0) is 18.8 Å². The Balaban J connectivity index is 2.67. The number of carbonyl (C=O) groups is 1. The van der Waals surface area contributed by atoms with Crippen molar-refractivity contribution in [1.82, 2.24) is 0 Å². The van der Waals surface area contributed by atoms with Crippen LogP contribution in [0.5, 0.6) is 0 Å². The molecule has 5 heteroatoms. The molecule has 1 fully saturated rings. The molecule has 16 heavy (non-hydrogen) atoms. The summed E-state index contributed by atoms with van der Waals surface area (Å²) >= 11 is 0. The van der Waals surface area contributed by atoms with Crippen LogP contribution in [-0.2, 0) is 14.6 Å². The molecule has 0 bridgehead atoms. The van der Waals surface area contributed by atoms with Crippen LogP contribution >= 0.6 is 0 Å². The van der Waals surface area contributed by atoms with Crippen LogP contribution in [0.4, 0.5) is 0 Å². The van der Waals surface area contributed by atoms with Gasteiger partial charge in [0, 0.05) is 5.92 Å². The smallest absolute Gasteiger partial charge is 0.154 e. The summed E-state index contributed by atoms with van der Waals surface area (Å²) < 4.78 is 22.5. The normalized spacial score (nSPS) is 25.2. The lowest BCUT2D eigenvalue weighted by Gasteiger charge is -2.13. The molecule has 2 atom stereocenters. The highest BCUT2D eigenvalue weighted by Gasteiger charge is 2.36. The molecule has 2 unspecified atom stereocenters. The van der Waals surface area contributed by atoms with Gasteiger partial charge in [-0.1, -0.05) is 13.8 Å². The Kier molecular flexibility index (Phi) is 4.09. The van der Waals surface area contributed by atoms with E-state index in [4.69, 9.17) is 5.26 Å². The zero-order valence-corrected chi connectivity index (χ0v) is 10.5. The molecule has 90 valence electrons. The molecule has 0 aromatic rings. The number of ketones is 1. The largest absolute Gasteiger partial charge is 0.298 e. The van der Waals surface area contributed by atoms with Gasteiger partial charge in [0.15, 0.2) is 15.6 Å². The fourth-order valence-electron chi connectivity index (χ4n) is 2.01. The van der Waals surface area contributed by atoms with Crippen molar-refractivity contribution in [2.45, 2.75) is 26.7 Å². The highest BCUT2D eigenvalue weighted by molar-refractivity contribution is 7.91. The van der Waals surface area contributed by atoms with Crippen molar-refractivity contribution < 1.29 is 13.2 Å². The zero-order chi connectivity index (χ0) is 12.3. The molecule has 0 radical (unpaired) electrons. The summed E-state index contributed by atoms with van der Waals surface area (Å²) in [7, 11) is -3.04. The average molecular weight is 243 g/mol. The van der Waals surface area contributed by atoms with Crippen LogP contribution in [0.15, 0.2) is 0 Å². The van der Waals surface area contributed by atoms with Gasteiger partial charge < -0.3 is 0 Å². The first-order valence-corrected chi connectivity index (χ1v) is 7.31. The summed E-state index contributed by atoms with van der Waals surface area (Å²) in [5, 5.41) is 8.92. The number of sulfone groups is 1. The Hall–Kier alpha value is -0.890. The van der Waals surface area contributed by atoms with Crippen LogP contribution in [0, 0.1) is 29.1 Å². The van der Waals surface area contributed by atoms with Gasteiger partial charge in [-0.25, -0.2) is 8.42 Å². The molecule has 0 saturated carbocycles. The second-order valence-corrected chi connectivity index (χ2v) is 7.04. The van der Waals surface area contributed by atoms with Crippen LogP contribution in [0.2, 0.25) is 0 Å². The van der Waals surface area contributed by atoms with E-state index in [1.165, 1.54) is 0 Å². The van der Waals surface area contributed by atoms with Crippen molar-refractivity contribution in [1.29, 1.82) is 5.26 Å². The number of rotatable bonds is 4. The van der Waals surface area contributed by atoms with E-state index < -0.39 is 21.7 Å². The Labute approximate surface area is 96.6 Å². The lowest BCUT2D eigenvalue weighted by Crippen LogP contribution is -2.24. The minimum absolute atomic E-state index is 0.0674. The highest BCUT2D eigenvalue weighted by atomic mass is 32.2. The Morgan fingerprint density at radius 1 is 1.50 bits per heavy atom. The van der Waals surface area contributed by atoms with Gasteiger partial charge in [0.05, 0.1) is 17.6 Å². The van der Waals surface area contributed by atoms with Crippen LogP contribution < -0.4 is 0 Å². The first kappa shape index (κ1) is 13.2. The minimum Gasteiger partial charge on any atom is -0.298 e. The highest BCUT2D eigenvalue weighted by Crippen LogP contribution is 2.24. The van der Waals surface area contributed by atoms with Gasteiger partial charge in [-0.3, -0.25) is 4.79 Å². The number of nitrogens with zero attached hydrogens (tertiary/aromatic N) is 1. The fraction of sp³-hybridized carbons (Fsp3) is 0.818. The maximum absolute atomic E-state index is 11.9. The van der Waals surface area contributed by atoms with Gasteiger partial charge >= 0.3 is 0 Å². The molecule has 4 nitrogen and oxygen atoms in total. The molecule has 0 amide bonds. The van der Waals surface area contributed by atoms with Crippen LogP contribution in [0.3, 0.4) is 0 Å². The molecule has 0 aromatic carbocycles. The molecule has 1 aliphatic rings. The number of hydrogen-bond donors (Lipinski definition) is 0. The summed E-state index contributed by atoms with van der Waals surface area (Å²) in [5.41, 5.74) is 0. The van der Waals surface area contributed by atoms with E-state index in [-0.39, 0.29) is 23.2 Å². The minimum atomic E-state index is -3.04. The van der Waals surface area contributed by atoms with E-state index in [1.807, 2.05) is 19.9 Å². The molecule has 1 aliphatic heterocycles. The molecule has 0 aliphatic carbocycles. The van der Waals surface area contributed by atoms with Crippen molar-refractivity contribution >= 4 is 15.6 Å². The summed E-state index contributed by atoms with van der Waals surface area (Å²) in [6.45, 7) is 3.89. The molecule has 1 saturated heterocycles. The molecule has 1 heterocycles. The van der Waals surface area contributed by atoms with Crippen molar-refractivity contribution in [3.63, 3.8) is 0 Å². The Morgan fingerprint density at radius 2 is 2.12 bits per heavy atom. The molecular weight excluding hydrogens is 226 g/mol. The van der Waals surface area contributed by atoms with Crippen LogP contribution in [0.25, 0.3) is 0 Å². The third-order valence-electron chi connectivity index (χ3n) is 2.84. The van der Waals surface area contributed by atoms with Crippen LogP contribution in [0.1, 0.15) is 26.7 Å². The van der Waals surface area contributed by atoms with Gasteiger partial charge in [0.25, 0.3) is 0 Å². The van der Waals surface area contributed by atoms with Gasteiger partial charge in [0.1, 0.15) is 5.92 Å². The fourth-order valence-corrected chi connectivity index (χ4v) is 3.76. The number of nitriles is 1. The van der Waals surface area contributed by atoms with Gasteiger partial charge in [-0.2, -0.15) is 5.26 Å². The SMILES string of the molecule is CC(C)CC(C#N)C(=O)C1CCS(=O)(=O)C1. The molecular formula is C11H17NO3S. The monoisotopic (exact) mass is 243 g/mol. The lowest BCUT2D eigenvalue weighted by atomic mass is 9.87. The summed E-state index contributed by atoms with van der Waals surface area (Å²) in [4.78, 5) is 11.9. The van der Waals surface area contributed by atoms with Crippen LogP contribution in [-0.4, -0.2) is 25.7 Å². The van der Waals surface area contributed by atoms with Crippen molar-refractivity contribution in [3.8, 4) is 6.07 Å². The van der Waals surface area contributed by atoms with E-state index in [1.54, 1.807) is 0 Å². The second-order valence-electron chi connectivity index (χ2n) is 4.81. The predicted molar refractivity (Wildman–Crippen MR) is 60.3 cm³/mol.